The number of hydrogen-bond acceptors (Lipinski definition) is 4. The lowest BCUT2D eigenvalue weighted by atomic mass is 10.1. The molecule has 2 aromatic carbocycles. The quantitative estimate of drug-likeness (QED) is 0.565. The molecule has 1 N–H and O–H groups in total. The summed E-state index contributed by atoms with van der Waals surface area (Å²) in [5, 5.41) is 7.41. The van der Waals surface area contributed by atoms with Crippen molar-refractivity contribution in [3.05, 3.63) is 75.5 Å². The molecule has 140 valence electrons. The largest absolute Gasteiger partial charge is 0.487 e. The van der Waals surface area contributed by atoms with E-state index in [0.717, 1.165) is 10.0 Å². The second-order valence-electron chi connectivity index (χ2n) is 5.70. The molecule has 0 aliphatic heterocycles. The van der Waals surface area contributed by atoms with Crippen LogP contribution in [0.1, 0.15) is 15.9 Å². The van der Waals surface area contributed by atoms with Crippen LogP contribution in [-0.2, 0) is 18.1 Å². The van der Waals surface area contributed by atoms with Crippen molar-refractivity contribution in [2.75, 3.05) is 12.4 Å². The van der Waals surface area contributed by atoms with E-state index in [2.05, 4.69) is 26.3 Å². The Morgan fingerprint density at radius 1 is 1.26 bits per heavy atom. The van der Waals surface area contributed by atoms with Crippen LogP contribution in [0.2, 0.25) is 5.02 Å². The van der Waals surface area contributed by atoms with E-state index in [1.165, 1.54) is 0 Å². The van der Waals surface area contributed by atoms with Gasteiger partial charge in [-0.2, -0.15) is 5.10 Å². The van der Waals surface area contributed by atoms with Crippen LogP contribution in [0.3, 0.4) is 0 Å². The van der Waals surface area contributed by atoms with Crippen molar-refractivity contribution in [2.24, 2.45) is 0 Å². The summed E-state index contributed by atoms with van der Waals surface area (Å²) in [5.74, 6) is 0.394. The van der Waals surface area contributed by atoms with Gasteiger partial charge in [0.2, 0.25) is 0 Å². The van der Waals surface area contributed by atoms with Crippen molar-refractivity contribution in [1.82, 2.24) is 9.78 Å². The van der Waals surface area contributed by atoms with Crippen LogP contribution < -0.4 is 10.1 Å². The predicted molar refractivity (Wildman–Crippen MR) is 107 cm³/mol. The number of halogens is 2. The SMILES string of the molecule is COCn1cc(NC(=O)c2ccc(COc3ccc(Br)cc3Cl)cc2)cn1. The van der Waals surface area contributed by atoms with E-state index >= 15 is 0 Å². The van der Waals surface area contributed by atoms with Gasteiger partial charge in [-0.25, -0.2) is 4.68 Å². The molecule has 3 rings (SSSR count). The molecule has 0 unspecified atom stereocenters. The molecule has 0 radical (unpaired) electrons. The second-order valence-corrected chi connectivity index (χ2v) is 7.02. The predicted octanol–water partition coefficient (Wildman–Crippen LogP) is 4.73. The van der Waals surface area contributed by atoms with Crippen molar-refractivity contribution < 1.29 is 14.3 Å². The van der Waals surface area contributed by atoms with E-state index in [-0.39, 0.29) is 5.91 Å². The Morgan fingerprint density at radius 2 is 2.04 bits per heavy atom. The van der Waals surface area contributed by atoms with Crippen molar-refractivity contribution in [2.45, 2.75) is 13.3 Å². The molecule has 0 aliphatic carbocycles. The molecule has 27 heavy (non-hydrogen) atoms. The molecule has 1 heterocycles. The third kappa shape index (κ3) is 5.32. The van der Waals surface area contributed by atoms with E-state index in [4.69, 9.17) is 21.1 Å². The number of hydrogen-bond donors (Lipinski definition) is 1. The zero-order valence-corrected chi connectivity index (χ0v) is 16.8. The molecule has 0 bridgehead atoms. The Balaban J connectivity index is 1.58. The molecule has 0 saturated heterocycles. The number of rotatable bonds is 7. The summed E-state index contributed by atoms with van der Waals surface area (Å²) in [6, 6.07) is 12.6. The van der Waals surface area contributed by atoms with E-state index in [1.807, 2.05) is 18.2 Å². The summed E-state index contributed by atoms with van der Waals surface area (Å²) in [7, 11) is 1.58. The monoisotopic (exact) mass is 449 g/mol. The van der Waals surface area contributed by atoms with E-state index in [9.17, 15) is 4.79 Å². The average Bonchev–Trinajstić information content (AvgIpc) is 3.09. The highest BCUT2D eigenvalue weighted by Crippen LogP contribution is 2.28. The van der Waals surface area contributed by atoms with Crippen LogP contribution >= 0.6 is 27.5 Å². The van der Waals surface area contributed by atoms with Crippen molar-refractivity contribution in [1.29, 1.82) is 0 Å². The maximum absolute atomic E-state index is 12.3. The summed E-state index contributed by atoms with van der Waals surface area (Å²) in [4.78, 5) is 12.3. The first-order valence-electron chi connectivity index (χ1n) is 8.04. The molecule has 0 aliphatic rings. The van der Waals surface area contributed by atoms with Crippen molar-refractivity contribution in [3.8, 4) is 5.75 Å². The van der Waals surface area contributed by atoms with Gasteiger partial charge in [0.1, 0.15) is 19.1 Å². The van der Waals surface area contributed by atoms with Crippen molar-refractivity contribution >= 4 is 39.1 Å². The zero-order valence-electron chi connectivity index (χ0n) is 14.5. The number of anilines is 1. The summed E-state index contributed by atoms with van der Waals surface area (Å²) in [5.41, 5.74) is 2.08. The molecular formula is C19H17BrClN3O3. The van der Waals surface area contributed by atoms with Crippen LogP contribution in [0.5, 0.6) is 5.75 Å². The maximum atomic E-state index is 12.3. The lowest BCUT2D eigenvalue weighted by Gasteiger charge is -2.09. The average molecular weight is 451 g/mol. The Kier molecular flexibility index (Phi) is 6.49. The van der Waals surface area contributed by atoms with Crippen LogP contribution in [0.4, 0.5) is 5.69 Å². The molecular weight excluding hydrogens is 434 g/mol. The van der Waals surface area contributed by atoms with E-state index in [1.54, 1.807) is 48.5 Å². The first-order chi connectivity index (χ1) is 13.0. The van der Waals surface area contributed by atoms with E-state index < -0.39 is 0 Å². The fourth-order valence-electron chi connectivity index (χ4n) is 2.34. The van der Waals surface area contributed by atoms with Gasteiger partial charge in [0.25, 0.3) is 5.91 Å². The molecule has 8 heteroatoms. The smallest absolute Gasteiger partial charge is 0.255 e. The topological polar surface area (TPSA) is 65.4 Å². The fraction of sp³-hybridized carbons (Fsp3) is 0.158. The third-order valence-electron chi connectivity index (χ3n) is 3.66. The molecule has 6 nitrogen and oxygen atoms in total. The Bertz CT molecular complexity index is 928. The van der Waals surface area contributed by atoms with Gasteiger partial charge in [0.15, 0.2) is 0 Å². The minimum atomic E-state index is -0.213. The first kappa shape index (κ1) is 19.4. The van der Waals surface area contributed by atoms with Gasteiger partial charge in [0.05, 0.1) is 23.1 Å². The van der Waals surface area contributed by atoms with Gasteiger partial charge in [-0.3, -0.25) is 4.79 Å². The number of carbonyl (C=O) groups excluding carboxylic acids is 1. The highest BCUT2D eigenvalue weighted by molar-refractivity contribution is 9.10. The number of nitrogens with zero attached hydrogens (tertiary/aromatic N) is 2. The summed E-state index contributed by atoms with van der Waals surface area (Å²) in [6.45, 7) is 0.681. The van der Waals surface area contributed by atoms with Crippen LogP contribution in [0.15, 0.2) is 59.3 Å². The molecule has 0 atom stereocenters. The number of carbonyl (C=O) groups is 1. The van der Waals surface area contributed by atoms with Gasteiger partial charge < -0.3 is 14.8 Å². The highest BCUT2D eigenvalue weighted by Gasteiger charge is 2.08. The zero-order chi connectivity index (χ0) is 19.2. The first-order valence-corrected chi connectivity index (χ1v) is 9.22. The molecule has 0 fully saturated rings. The normalized spacial score (nSPS) is 10.6. The summed E-state index contributed by atoms with van der Waals surface area (Å²) >= 11 is 9.50. The number of aromatic nitrogens is 2. The minimum Gasteiger partial charge on any atom is -0.487 e. The third-order valence-corrected chi connectivity index (χ3v) is 4.45. The Morgan fingerprint density at radius 3 is 2.74 bits per heavy atom. The van der Waals surface area contributed by atoms with Crippen molar-refractivity contribution in [3.63, 3.8) is 0 Å². The standard InChI is InChI=1S/C19H17BrClN3O3/c1-26-12-24-10-16(9-22-24)23-19(25)14-4-2-13(3-5-14)11-27-18-7-6-15(20)8-17(18)21/h2-10H,11-12H2,1H3,(H,23,25). The fourth-order valence-corrected chi connectivity index (χ4v) is 3.07. The minimum absolute atomic E-state index is 0.213. The molecule has 3 aromatic rings. The highest BCUT2D eigenvalue weighted by atomic mass is 79.9. The van der Waals surface area contributed by atoms with Crippen LogP contribution in [0.25, 0.3) is 0 Å². The molecule has 1 amide bonds. The number of nitrogens with one attached hydrogen (secondary N) is 1. The van der Waals surface area contributed by atoms with Crippen LogP contribution in [-0.4, -0.2) is 22.8 Å². The lowest BCUT2D eigenvalue weighted by Crippen LogP contribution is -2.11. The number of methoxy groups -OCH3 is 1. The van der Waals surface area contributed by atoms with E-state index in [0.29, 0.717) is 35.4 Å². The second kappa shape index (κ2) is 9.03. The molecule has 1 aromatic heterocycles. The number of benzene rings is 2. The maximum Gasteiger partial charge on any atom is 0.255 e. The lowest BCUT2D eigenvalue weighted by molar-refractivity contribution is 0.102. The molecule has 0 spiro atoms. The molecule has 0 saturated carbocycles. The number of ether oxygens (including phenoxy) is 2. The van der Waals surface area contributed by atoms with Gasteiger partial charge in [0, 0.05) is 17.1 Å². The van der Waals surface area contributed by atoms with Crippen LogP contribution in [0, 0.1) is 0 Å². The summed E-state index contributed by atoms with van der Waals surface area (Å²) < 4.78 is 13.2. The Hall–Kier alpha value is -2.35. The number of amides is 1. The van der Waals surface area contributed by atoms with Gasteiger partial charge in [-0.1, -0.05) is 39.7 Å². The summed E-state index contributed by atoms with van der Waals surface area (Å²) in [6.07, 6.45) is 3.27. The van der Waals surface area contributed by atoms with Gasteiger partial charge in [-0.05, 0) is 35.9 Å². The Labute approximate surface area is 170 Å². The van der Waals surface area contributed by atoms with Gasteiger partial charge >= 0.3 is 0 Å². The van der Waals surface area contributed by atoms with Gasteiger partial charge in [-0.15, -0.1) is 0 Å².